The lowest BCUT2D eigenvalue weighted by Gasteiger charge is -2.23. The molecule has 0 saturated carbocycles. The summed E-state index contributed by atoms with van der Waals surface area (Å²) in [5.74, 6) is 4.17. The second-order valence-corrected chi connectivity index (χ2v) is 6.32. The van der Waals surface area contributed by atoms with Crippen molar-refractivity contribution in [3.05, 3.63) is 48.0 Å². The molecule has 0 saturated heterocycles. The number of aromatic amines is 1. The standard InChI is InChI=1S/C19H22N6O3/c1-20-19(21-11-17-22-18(24-23-17)15-4-3-7-26-15)25(2)12-13-5-6-14-16(10-13)28-9-8-27-14/h3-7,10H,8-9,11-12H2,1-2H3,(H,20,21)(H,22,23,24). The first-order valence-corrected chi connectivity index (χ1v) is 8.98. The van der Waals surface area contributed by atoms with Crippen LogP contribution in [0.4, 0.5) is 0 Å². The van der Waals surface area contributed by atoms with Gasteiger partial charge in [-0.1, -0.05) is 6.07 Å². The summed E-state index contributed by atoms with van der Waals surface area (Å²) in [5.41, 5.74) is 1.11. The van der Waals surface area contributed by atoms with E-state index in [1.165, 1.54) is 0 Å². The summed E-state index contributed by atoms with van der Waals surface area (Å²) in [6, 6.07) is 9.60. The van der Waals surface area contributed by atoms with E-state index in [1.54, 1.807) is 19.4 Å². The molecule has 0 fully saturated rings. The van der Waals surface area contributed by atoms with E-state index in [1.807, 2.05) is 36.2 Å². The average molecular weight is 382 g/mol. The lowest BCUT2D eigenvalue weighted by atomic mass is 10.2. The van der Waals surface area contributed by atoms with Gasteiger partial charge in [-0.05, 0) is 29.8 Å². The van der Waals surface area contributed by atoms with Gasteiger partial charge in [-0.2, -0.15) is 0 Å². The van der Waals surface area contributed by atoms with E-state index in [0.717, 1.165) is 23.0 Å². The Hall–Kier alpha value is -3.49. The molecule has 2 aromatic heterocycles. The zero-order valence-corrected chi connectivity index (χ0v) is 15.8. The molecule has 2 N–H and O–H groups in total. The largest absolute Gasteiger partial charge is 0.486 e. The van der Waals surface area contributed by atoms with E-state index < -0.39 is 0 Å². The minimum atomic E-state index is 0.464. The van der Waals surface area contributed by atoms with E-state index >= 15 is 0 Å². The predicted molar refractivity (Wildman–Crippen MR) is 103 cm³/mol. The van der Waals surface area contributed by atoms with Crippen LogP contribution in [0.25, 0.3) is 11.6 Å². The minimum Gasteiger partial charge on any atom is -0.486 e. The summed E-state index contributed by atoms with van der Waals surface area (Å²) < 4.78 is 16.5. The van der Waals surface area contributed by atoms with Crippen LogP contribution in [-0.4, -0.2) is 53.3 Å². The molecule has 9 heteroatoms. The van der Waals surface area contributed by atoms with E-state index in [-0.39, 0.29) is 0 Å². The molecule has 0 amide bonds. The number of nitrogens with zero attached hydrogens (tertiary/aromatic N) is 4. The second-order valence-electron chi connectivity index (χ2n) is 6.32. The Morgan fingerprint density at radius 1 is 1.25 bits per heavy atom. The van der Waals surface area contributed by atoms with Crippen molar-refractivity contribution in [2.45, 2.75) is 13.1 Å². The third-order valence-corrected chi connectivity index (χ3v) is 4.29. The zero-order chi connectivity index (χ0) is 19.3. The van der Waals surface area contributed by atoms with E-state index in [0.29, 0.717) is 43.7 Å². The maximum atomic E-state index is 5.65. The van der Waals surface area contributed by atoms with Crippen LogP contribution in [-0.2, 0) is 13.1 Å². The number of fused-ring (bicyclic) bond motifs is 1. The number of nitrogens with one attached hydrogen (secondary N) is 2. The number of guanidine groups is 1. The van der Waals surface area contributed by atoms with Crippen LogP contribution >= 0.6 is 0 Å². The van der Waals surface area contributed by atoms with Crippen molar-refractivity contribution in [1.29, 1.82) is 0 Å². The van der Waals surface area contributed by atoms with E-state index in [2.05, 4.69) is 25.5 Å². The summed E-state index contributed by atoms with van der Waals surface area (Å²) in [7, 11) is 3.72. The molecule has 0 radical (unpaired) electrons. The van der Waals surface area contributed by atoms with Gasteiger partial charge in [-0.15, -0.1) is 5.10 Å². The molecular formula is C19H22N6O3. The highest BCUT2D eigenvalue weighted by Crippen LogP contribution is 2.31. The van der Waals surface area contributed by atoms with Gasteiger partial charge in [0, 0.05) is 20.6 Å². The van der Waals surface area contributed by atoms with Crippen molar-refractivity contribution in [1.82, 2.24) is 25.4 Å². The summed E-state index contributed by atoms with van der Waals surface area (Å²) in [5, 5.41) is 10.4. The first-order valence-electron chi connectivity index (χ1n) is 8.98. The summed E-state index contributed by atoms with van der Waals surface area (Å²) in [6.45, 7) is 2.30. The molecule has 0 atom stereocenters. The SMILES string of the molecule is CN=C(NCc1nc(-c2ccco2)n[nH]1)N(C)Cc1ccc2c(c1)OCCO2. The van der Waals surface area contributed by atoms with Crippen LogP contribution in [0, 0.1) is 0 Å². The predicted octanol–water partition coefficient (Wildman–Crippen LogP) is 2.04. The zero-order valence-electron chi connectivity index (χ0n) is 15.8. The van der Waals surface area contributed by atoms with Crippen LogP contribution in [0.1, 0.15) is 11.4 Å². The van der Waals surface area contributed by atoms with Crippen LogP contribution in [0.3, 0.4) is 0 Å². The van der Waals surface area contributed by atoms with Gasteiger partial charge in [-0.3, -0.25) is 10.1 Å². The first-order chi connectivity index (χ1) is 13.7. The number of aliphatic imine (C=N–C) groups is 1. The fourth-order valence-corrected chi connectivity index (χ4v) is 2.97. The van der Waals surface area contributed by atoms with Crippen LogP contribution in [0.5, 0.6) is 11.5 Å². The lowest BCUT2D eigenvalue weighted by molar-refractivity contribution is 0.171. The molecule has 9 nitrogen and oxygen atoms in total. The smallest absolute Gasteiger partial charge is 0.216 e. The van der Waals surface area contributed by atoms with Gasteiger partial charge in [0.25, 0.3) is 0 Å². The molecule has 1 aliphatic heterocycles. The highest BCUT2D eigenvalue weighted by Gasteiger charge is 2.14. The highest BCUT2D eigenvalue weighted by molar-refractivity contribution is 5.79. The fourth-order valence-electron chi connectivity index (χ4n) is 2.97. The number of hydrogen-bond acceptors (Lipinski definition) is 6. The molecular weight excluding hydrogens is 360 g/mol. The first kappa shape index (κ1) is 17.9. The Balaban J connectivity index is 1.36. The quantitative estimate of drug-likeness (QED) is 0.514. The topological polar surface area (TPSA) is 101 Å². The summed E-state index contributed by atoms with van der Waals surface area (Å²) in [6.07, 6.45) is 1.60. The Morgan fingerprint density at radius 2 is 2.11 bits per heavy atom. The molecule has 3 heterocycles. The number of rotatable bonds is 5. The normalized spacial score (nSPS) is 13.4. The van der Waals surface area contributed by atoms with Gasteiger partial charge in [0.1, 0.15) is 19.0 Å². The highest BCUT2D eigenvalue weighted by atomic mass is 16.6. The van der Waals surface area contributed by atoms with Crippen molar-refractivity contribution in [3.63, 3.8) is 0 Å². The van der Waals surface area contributed by atoms with Crippen molar-refractivity contribution in [3.8, 4) is 23.1 Å². The van der Waals surface area contributed by atoms with Gasteiger partial charge in [0.15, 0.2) is 23.2 Å². The minimum absolute atomic E-state index is 0.464. The van der Waals surface area contributed by atoms with Gasteiger partial charge >= 0.3 is 0 Å². The number of H-pyrrole nitrogens is 1. The molecule has 4 rings (SSSR count). The van der Waals surface area contributed by atoms with Gasteiger partial charge in [-0.25, -0.2) is 4.98 Å². The maximum Gasteiger partial charge on any atom is 0.216 e. The van der Waals surface area contributed by atoms with Crippen LogP contribution in [0.2, 0.25) is 0 Å². The molecule has 0 unspecified atom stereocenters. The molecule has 3 aromatic rings. The maximum absolute atomic E-state index is 5.65. The molecule has 0 aliphatic carbocycles. The Labute approximate surface area is 162 Å². The van der Waals surface area contributed by atoms with Gasteiger partial charge in [0.05, 0.1) is 12.8 Å². The summed E-state index contributed by atoms with van der Waals surface area (Å²) in [4.78, 5) is 10.8. The molecule has 146 valence electrons. The number of furan rings is 1. The molecule has 0 spiro atoms. The van der Waals surface area contributed by atoms with Crippen molar-refractivity contribution in [2.75, 3.05) is 27.3 Å². The van der Waals surface area contributed by atoms with Crippen molar-refractivity contribution in [2.24, 2.45) is 4.99 Å². The number of aromatic nitrogens is 3. The van der Waals surface area contributed by atoms with Crippen LogP contribution in [0.15, 0.2) is 46.0 Å². The fraction of sp³-hybridized carbons (Fsp3) is 0.316. The molecule has 1 aliphatic rings. The molecule has 0 bridgehead atoms. The third-order valence-electron chi connectivity index (χ3n) is 4.29. The number of ether oxygens (including phenoxy) is 2. The Kier molecular flexibility index (Phi) is 5.14. The van der Waals surface area contributed by atoms with Crippen molar-refractivity contribution >= 4 is 5.96 Å². The number of hydrogen-bond donors (Lipinski definition) is 2. The Bertz CT molecular complexity index is 950. The Morgan fingerprint density at radius 3 is 2.89 bits per heavy atom. The summed E-state index contributed by atoms with van der Waals surface area (Å²) >= 11 is 0. The molecule has 28 heavy (non-hydrogen) atoms. The molecule has 1 aromatic carbocycles. The third kappa shape index (κ3) is 3.93. The van der Waals surface area contributed by atoms with Gasteiger partial charge < -0.3 is 24.1 Å². The average Bonchev–Trinajstić information content (AvgIpc) is 3.40. The van der Waals surface area contributed by atoms with Crippen LogP contribution < -0.4 is 14.8 Å². The van der Waals surface area contributed by atoms with E-state index in [4.69, 9.17) is 13.9 Å². The second kappa shape index (κ2) is 8.03. The lowest BCUT2D eigenvalue weighted by Crippen LogP contribution is -2.38. The monoisotopic (exact) mass is 382 g/mol. The van der Waals surface area contributed by atoms with Crippen molar-refractivity contribution < 1.29 is 13.9 Å². The van der Waals surface area contributed by atoms with Gasteiger partial charge in [0.2, 0.25) is 5.82 Å². The number of benzene rings is 1. The van der Waals surface area contributed by atoms with E-state index in [9.17, 15) is 0 Å².